The number of nitrogens with one attached hydrogen (secondary N) is 1. The van der Waals surface area contributed by atoms with E-state index in [0.29, 0.717) is 19.4 Å². The van der Waals surface area contributed by atoms with Crippen molar-refractivity contribution in [2.75, 3.05) is 27.4 Å². The van der Waals surface area contributed by atoms with Gasteiger partial charge < -0.3 is 19.9 Å². The van der Waals surface area contributed by atoms with Crippen LogP contribution >= 0.6 is 0 Å². The summed E-state index contributed by atoms with van der Waals surface area (Å²) in [6.07, 6.45) is 1.35. The fraction of sp³-hybridized carbons (Fsp3) is 0.818. The molecule has 1 aliphatic carbocycles. The highest BCUT2D eigenvalue weighted by molar-refractivity contribution is 6.02. The number of ether oxygens (including phenoxy) is 2. The van der Waals surface area contributed by atoms with E-state index in [9.17, 15) is 9.59 Å². The Hall–Kier alpha value is -1.14. The molecule has 1 amide bonds. The smallest absolute Gasteiger partial charge is 0.319 e. The van der Waals surface area contributed by atoms with Crippen LogP contribution < -0.4 is 5.32 Å². The second-order valence-corrected chi connectivity index (χ2v) is 4.26. The number of aliphatic carboxylic acids is 1. The Labute approximate surface area is 100 Å². The van der Waals surface area contributed by atoms with Gasteiger partial charge in [-0.05, 0) is 12.8 Å². The molecule has 0 aliphatic heterocycles. The van der Waals surface area contributed by atoms with Crippen LogP contribution in [0.3, 0.4) is 0 Å². The van der Waals surface area contributed by atoms with Gasteiger partial charge in [-0.15, -0.1) is 0 Å². The summed E-state index contributed by atoms with van der Waals surface area (Å²) in [5.74, 6) is -1.46. The third-order valence-corrected chi connectivity index (χ3v) is 3.23. The van der Waals surface area contributed by atoms with Crippen LogP contribution in [-0.2, 0) is 19.1 Å². The Balaban J connectivity index is 2.45. The normalized spacial score (nSPS) is 19.2. The van der Waals surface area contributed by atoms with Crippen molar-refractivity contribution < 1.29 is 24.2 Å². The molecular weight excluding hydrogens is 226 g/mol. The highest BCUT2D eigenvalue weighted by Gasteiger charge is 2.51. The molecule has 2 N–H and O–H groups in total. The van der Waals surface area contributed by atoms with Crippen LogP contribution in [0, 0.1) is 5.41 Å². The SMILES string of the molecule is COCC(CNC(=O)C1(C(=O)O)CCC1)OC. The molecule has 0 saturated heterocycles. The van der Waals surface area contributed by atoms with E-state index in [1.807, 2.05) is 0 Å². The van der Waals surface area contributed by atoms with Crippen molar-refractivity contribution in [1.29, 1.82) is 0 Å². The molecule has 0 heterocycles. The van der Waals surface area contributed by atoms with Gasteiger partial charge >= 0.3 is 5.97 Å². The lowest BCUT2D eigenvalue weighted by molar-refractivity contribution is -0.162. The minimum Gasteiger partial charge on any atom is -0.480 e. The van der Waals surface area contributed by atoms with E-state index >= 15 is 0 Å². The summed E-state index contributed by atoms with van der Waals surface area (Å²) in [5.41, 5.74) is -1.22. The van der Waals surface area contributed by atoms with E-state index in [2.05, 4.69) is 5.32 Å². The molecule has 1 atom stereocenters. The molecule has 0 radical (unpaired) electrons. The molecule has 17 heavy (non-hydrogen) atoms. The van der Waals surface area contributed by atoms with E-state index < -0.39 is 17.3 Å². The quantitative estimate of drug-likeness (QED) is 0.618. The molecule has 0 bridgehead atoms. The van der Waals surface area contributed by atoms with Crippen molar-refractivity contribution >= 4 is 11.9 Å². The summed E-state index contributed by atoms with van der Waals surface area (Å²) in [5, 5.41) is 11.7. The van der Waals surface area contributed by atoms with E-state index in [-0.39, 0.29) is 12.6 Å². The zero-order valence-corrected chi connectivity index (χ0v) is 10.2. The fourth-order valence-electron chi connectivity index (χ4n) is 1.84. The minimum absolute atomic E-state index is 0.255. The first-order chi connectivity index (χ1) is 8.06. The van der Waals surface area contributed by atoms with Gasteiger partial charge in [-0.25, -0.2) is 0 Å². The summed E-state index contributed by atoms with van der Waals surface area (Å²) in [6, 6.07) is 0. The predicted molar refractivity (Wildman–Crippen MR) is 59.6 cm³/mol. The van der Waals surface area contributed by atoms with Gasteiger partial charge in [0.05, 0.1) is 12.7 Å². The van der Waals surface area contributed by atoms with Crippen LogP contribution in [0.15, 0.2) is 0 Å². The molecule has 6 heteroatoms. The van der Waals surface area contributed by atoms with Gasteiger partial charge in [0.1, 0.15) is 5.41 Å². The highest BCUT2D eigenvalue weighted by atomic mass is 16.5. The van der Waals surface area contributed by atoms with Crippen LogP contribution in [0.2, 0.25) is 0 Å². The average Bonchev–Trinajstić information content (AvgIpc) is 2.21. The molecule has 1 saturated carbocycles. The first kappa shape index (κ1) is 13.9. The van der Waals surface area contributed by atoms with Crippen LogP contribution in [0.4, 0.5) is 0 Å². The molecule has 0 aromatic rings. The maximum atomic E-state index is 11.8. The van der Waals surface area contributed by atoms with E-state index in [1.54, 1.807) is 7.11 Å². The van der Waals surface area contributed by atoms with Crippen molar-refractivity contribution in [2.24, 2.45) is 5.41 Å². The Morgan fingerprint density at radius 1 is 1.41 bits per heavy atom. The van der Waals surface area contributed by atoms with Gasteiger partial charge in [-0.2, -0.15) is 0 Å². The third kappa shape index (κ3) is 2.95. The predicted octanol–water partition coefficient (Wildman–Crippen LogP) is 0.0189. The van der Waals surface area contributed by atoms with Crippen LogP contribution in [0.25, 0.3) is 0 Å². The largest absolute Gasteiger partial charge is 0.480 e. The molecule has 1 unspecified atom stereocenters. The zero-order chi connectivity index (χ0) is 12.9. The number of hydrogen-bond acceptors (Lipinski definition) is 4. The van der Waals surface area contributed by atoms with Crippen molar-refractivity contribution in [3.05, 3.63) is 0 Å². The van der Waals surface area contributed by atoms with Gasteiger partial charge in [0.25, 0.3) is 0 Å². The lowest BCUT2D eigenvalue weighted by Gasteiger charge is -2.36. The standard InChI is InChI=1S/C11H19NO5/c1-16-7-8(17-2)6-12-9(13)11(10(14)15)4-3-5-11/h8H,3-7H2,1-2H3,(H,12,13)(H,14,15). The second-order valence-electron chi connectivity index (χ2n) is 4.26. The fourth-order valence-corrected chi connectivity index (χ4v) is 1.84. The summed E-state index contributed by atoms with van der Waals surface area (Å²) in [6.45, 7) is 0.620. The molecular formula is C11H19NO5. The molecule has 1 aliphatic rings. The van der Waals surface area contributed by atoms with Crippen LogP contribution in [-0.4, -0.2) is 50.5 Å². The molecule has 1 fully saturated rings. The third-order valence-electron chi connectivity index (χ3n) is 3.23. The van der Waals surface area contributed by atoms with Crippen molar-refractivity contribution in [2.45, 2.75) is 25.4 Å². The van der Waals surface area contributed by atoms with Crippen molar-refractivity contribution in [1.82, 2.24) is 5.32 Å². The molecule has 1 rings (SSSR count). The van der Waals surface area contributed by atoms with Gasteiger partial charge in [0.2, 0.25) is 5.91 Å². The van der Waals surface area contributed by atoms with Crippen LogP contribution in [0.5, 0.6) is 0 Å². The van der Waals surface area contributed by atoms with Gasteiger partial charge in [0.15, 0.2) is 0 Å². The second kappa shape index (κ2) is 5.97. The molecule has 6 nitrogen and oxygen atoms in total. The number of amides is 1. The summed E-state index contributed by atoms with van der Waals surface area (Å²) in [7, 11) is 3.06. The Morgan fingerprint density at radius 3 is 2.41 bits per heavy atom. The van der Waals surface area contributed by atoms with Crippen molar-refractivity contribution in [3.63, 3.8) is 0 Å². The number of carbonyl (C=O) groups is 2. The van der Waals surface area contributed by atoms with Gasteiger partial charge in [-0.3, -0.25) is 9.59 Å². The summed E-state index contributed by atoms with van der Waals surface area (Å²) < 4.78 is 9.99. The summed E-state index contributed by atoms with van der Waals surface area (Å²) in [4.78, 5) is 22.9. The minimum atomic E-state index is -1.22. The Kier molecular flexibility index (Phi) is 4.89. The van der Waals surface area contributed by atoms with Crippen LogP contribution in [0.1, 0.15) is 19.3 Å². The Bertz CT molecular complexity index is 288. The lowest BCUT2D eigenvalue weighted by atomic mass is 9.68. The van der Waals surface area contributed by atoms with Gasteiger partial charge in [-0.1, -0.05) is 6.42 Å². The van der Waals surface area contributed by atoms with E-state index in [0.717, 1.165) is 6.42 Å². The highest BCUT2D eigenvalue weighted by Crippen LogP contribution is 2.41. The number of carboxylic acids is 1. The number of methoxy groups -OCH3 is 2. The number of carboxylic acid groups (broad SMARTS) is 1. The molecule has 0 spiro atoms. The number of carbonyl (C=O) groups excluding carboxylic acids is 1. The number of rotatable bonds is 7. The maximum absolute atomic E-state index is 11.8. The first-order valence-corrected chi connectivity index (χ1v) is 5.60. The zero-order valence-electron chi connectivity index (χ0n) is 10.2. The van der Waals surface area contributed by atoms with Crippen molar-refractivity contribution in [3.8, 4) is 0 Å². The average molecular weight is 245 g/mol. The van der Waals surface area contributed by atoms with Gasteiger partial charge in [0, 0.05) is 20.8 Å². The monoisotopic (exact) mass is 245 g/mol. The molecule has 0 aromatic heterocycles. The molecule has 0 aromatic carbocycles. The van der Waals surface area contributed by atoms with E-state index in [4.69, 9.17) is 14.6 Å². The summed E-state index contributed by atoms with van der Waals surface area (Å²) >= 11 is 0. The molecule has 98 valence electrons. The lowest BCUT2D eigenvalue weighted by Crippen LogP contribution is -2.52. The first-order valence-electron chi connectivity index (χ1n) is 5.60. The number of hydrogen-bond donors (Lipinski definition) is 2. The van der Waals surface area contributed by atoms with E-state index in [1.165, 1.54) is 7.11 Å². The topological polar surface area (TPSA) is 84.9 Å². The Morgan fingerprint density at radius 2 is 2.06 bits per heavy atom. The maximum Gasteiger partial charge on any atom is 0.319 e.